The van der Waals surface area contributed by atoms with E-state index in [1.165, 1.54) is 6.33 Å². The van der Waals surface area contributed by atoms with Gasteiger partial charge in [0.2, 0.25) is 17.5 Å². The van der Waals surface area contributed by atoms with E-state index in [4.69, 9.17) is 0 Å². The van der Waals surface area contributed by atoms with Gasteiger partial charge in [-0.15, -0.1) is 0 Å². The number of hydrogen-bond acceptors (Lipinski definition) is 7. The molecule has 1 aromatic heterocycles. The van der Waals surface area contributed by atoms with E-state index in [1.54, 1.807) is 7.05 Å². The Morgan fingerprint density at radius 1 is 1.40 bits per heavy atom. The van der Waals surface area contributed by atoms with Gasteiger partial charge in [-0.05, 0) is 12.8 Å². The van der Waals surface area contributed by atoms with Gasteiger partial charge in [0.1, 0.15) is 6.33 Å². The van der Waals surface area contributed by atoms with Crippen molar-refractivity contribution in [3.63, 3.8) is 0 Å². The van der Waals surface area contributed by atoms with Crippen LogP contribution in [0.3, 0.4) is 0 Å². The van der Waals surface area contributed by atoms with Gasteiger partial charge >= 0.3 is 5.69 Å². The zero-order valence-corrected chi connectivity index (χ0v) is 11.0. The Labute approximate surface area is 115 Å². The maximum absolute atomic E-state index is 11.4. The number of nitrogens with one attached hydrogen (secondary N) is 3. The minimum absolute atomic E-state index is 0.0416. The van der Waals surface area contributed by atoms with E-state index >= 15 is 0 Å². The molecule has 2 rings (SSSR count). The molecule has 0 atom stereocenters. The summed E-state index contributed by atoms with van der Waals surface area (Å²) in [6, 6.07) is 0. The van der Waals surface area contributed by atoms with Crippen LogP contribution in [0.2, 0.25) is 0 Å². The van der Waals surface area contributed by atoms with Crippen LogP contribution >= 0.6 is 0 Å². The first kappa shape index (κ1) is 14.0. The minimum atomic E-state index is -0.545. The molecule has 9 nitrogen and oxygen atoms in total. The molecular formula is C11H16N6O3. The average molecular weight is 280 g/mol. The summed E-state index contributed by atoms with van der Waals surface area (Å²) in [5.74, 6) is 0.476. The maximum Gasteiger partial charge on any atom is 0.353 e. The monoisotopic (exact) mass is 280 g/mol. The molecule has 0 aromatic carbocycles. The summed E-state index contributed by atoms with van der Waals surface area (Å²) in [6.45, 7) is 0.755. The van der Waals surface area contributed by atoms with Crippen LogP contribution in [0.1, 0.15) is 12.8 Å². The predicted molar refractivity (Wildman–Crippen MR) is 72.5 cm³/mol. The lowest BCUT2D eigenvalue weighted by atomic mass is 10.4. The van der Waals surface area contributed by atoms with Crippen molar-refractivity contribution in [3.8, 4) is 0 Å². The number of anilines is 2. The summed E-state index contributed by atoms with van der Waals surface area (Å²) < 4.78 is 0. The predicted octanol–water partition coefficient (Wildman–Crippen LogP) is 0.365. The third-order valence-corrected chi connectivity index (χ3v) is 2.91. The van der Waals surface area contributed by atoms with Crippen LogP contribution < -0.4 is 16.0 Å². The molecule has 0 bridgehead atoms. The molecule has 0 radical (unpaired) electrons. The highest BCUT2D eigenvalue weighted by Gasteiger charge is 2.29. The van der Waals surface area contributed by atoms with Crippen LogP contribution in [0.15, 0.2) is 6.33 Å². The SMILES string of the molecule is CNc1ncnc(NCCNC(=O)C2CC2)c1[N+](=O)[O-]. The van der Waals surface area contributed by atoms with Gasteiger partial charge in [0, 0.05) is 26.1 Å². The average Bonchev–Trinajstić information content (AvgIpc) is 3.27. The summed E-state index contributed by atoms with van der Waals surface area (Å²) in [5.41, 5.74) is -0.205. The van der Waals surface area contributed by atoms with E-state index in [1.807, 2.05) is 0 Å². The molecule has 0 aliphatic heterocycles. The molecule has 1 aromatic rings. The number of amides is 1. The number of rotatable bonds is 7. The molecule has 20 heavy (non-hydrogen) atoms. The van der Waals surface area contributed by atoms with Crippen molar-refractivity contribution in [2.24, 2.45) is 5.92 Å². The van der Waals surface area contributed by atoms with Crippen molar-refractivity contribution in [1.82, 2.24) is 15.3 Å². The number of carbonyl (C=O) groups is 1. The van der Waals surface area contributed by atoms with Gasteiger partial charge in [-0.3, -0.25) is 14.9 Å². The smallest absolute Gasteiger partial charge is 0.353 e. The number of nitro groups is 1. The molecule has 1 aliphatic rings. The molecular weight excluding hydrogens is 264 g/mol. The highest BCUT2D eigenvalue weighted by molar-refractivity contribution is 5.80. The van der Waals surface area contributed by atoms with Gasteiger partial charge in [-0.25, -0.2) is 9.97 Å². The Morgan fingerprint density at radius 3 is 2.70 bits per heavy atom. The lowest BCUT2D eigenvalue weighted by Gasteiger charge is -2.08. The van der Waals surface area contributed by atoms with Gasteiger partial charge in [0.05, 0.1) is 4.92 Å². The van der Waals surface area contributed by atoms with Crippen LogP contribution in [0.4, 0.5) is 17.3 Å². The summed E-state index contributed by atoms with van der Waals surface area (Å²) in [5, 5.41) is 19.3. The van der Waals surface area contributed by atoms with Crippen molar-refractivity contribution in [2.45, 2.75) is 12.8 Å². The second-order valence-electron chi connectivity index (χ2n) is 4.42. The molecule has 9 heteroatoms. The van der Waals surface area contributed by atoms with Crippen molar-refractivity contribution in [3.05, 3.63) is 16.4 Å². The van der Waals surface area contributed by atoms with Gasteiger partial charge in [-0.1, -0.05) is 0 Å². The van der Waals surface area contributed by atoms with Crippen LogP contribution in [-0.4, -0.2) is 40.9 Å². The summed E-state index contributed by atoms with van der Waals surface area (Å²) >= 11 is 0. The normalized spacial score (nSPS) is 13.7. The van der Waals surface area contributed by atoms with E-state index in [2.05, 4.69) is 25.9 Å². The molecule has 108 valence electrons. The first-order valence-corrected chi connectivity index (χ1v) is 6.32. The summed E-state index contributed by atoms with van der Waals surface area (Å²) in [7, 11) is 1.55. The fourth-order valence-corrected chi connectivity index (χ4v) is 1.72. The van der Waals surface area contributed by atoms with Crippen molar-refractivity contribution >= 4 is 23.2 Å². The number of carbonyl (C=O) groups excluding carboxylic acids is 1. The van der Waals surface area contributed by atoms with Crippen molar-refractivity contribution < 1.29 is 9.72 Å². The van der Waals surface area contributed by atoms with E-state index in [0.717, 1.165) is 12.8 Å². The molecule has 3 N–H and O–H groups in total. The molecule has 1 heterocycles. The van der Waals surface area contributed by atoms with Crippen molar-refractivity contribution in [2.75, 3.05) is 30.8 Å². The topological polar surface area (TPSA) is 122 Å². The Bertz CT molecular complexity index is 517. The van der Waals surface area contributed by atoms with Crippen LogP contribution in [0.25, 0.3) is 0 Å². The molecule has 1 amide bonds. The largest absolute Gasteiger partial charge is 0.367 e. The second-order valence-corrected chi connectivity index (χ2v) is 4.42. The fourth-order valence-electron chi connectivity index (χ4n) is 1.72. The zero-order chi connectivity index (χ0) is 14.5. The van der Waals surface area contributed by atoms with Gasteiger partial charge in [0.15, 0.2) is 0 Å². The lowest BCUT2D eigenvalue weighted by molar-refractivity contribution is -0.383. The Hall–Kier alpha value is -2.45. The quantitative estimate of drug-likeness (QED) is 0.374. The molecule has 1 aliphatic carbocycles. The molecule has 0 saturated heterocycles. The summed E-state index contributed by atoms with van der Waals surface area (Å²) in [4.78, 5) is 29.5. The molecule has 1 saturated carbocycles. The first-order valence-electron chi connectivity index (χ1n) is 6.32. The summed E-state index contributed by atoms with van der Waals surface area (Å²) in [6.07, 6.45) is 3.13. The van der Waals surface area contributed by atoms with Crippen LogP contribution in [0.5, 0.6) is 0 Å². The van der Waals surface area contributed by atoms with Crippen LogP contribution in [0, 0.1) is 16.0 Å². The first-order chi connectivity index (χ1) is 9.63. The zero-order valence-electron chi connectivity index (χ0n) is 11.0. The molecule has 0 unspecified atom stereocenters. The number of aromatic nitrogens is 2. The third-order valence-electron chi connectivity index (χ3n) is 2.91. The lowest BCUT2D eigenvalue weighted by Crippen LogP contribution is -2.30. The van der Waals surface area contributed by atoms with E-state index in [-0.39, 0.29) is 29.1 Å². The highest BCUT2D eigenvalue weighted by Crippen LogP contribution is 2.29. The number of hydrogen-bond donors (Lipinski definition) is 3. The van der Waals surface area contributed by atoms with Crippen LogP contribution in [-0.2, 0) is 4.79 Å². The maximum atomic E-state index is 11.4. The van der Waals surface area contributed by atoms with E-state index in [0.29, 0.717) is 13.1 Å². The minimum Gasteiger partial charge on any atom is -0.367 e. The van der Waals surface area contributed by atoms with Gasteiger partial charge < -0.3 is 16.0 Å². The standard InChI is InChI=1S/C11H16N6O3/c1-12-9-8(17(19)20)10(16-6-15-9)13-4-5-14-11(18)7-2-3-7/h6-7H,2-5H2,1H3,(H,14,18)(H2,12,13,15,16). The molecule has 1 fully saturated rings. The van der Waals surface area contributed by atoms with E-state index < -0.39 is 4.92 Å². The van der Waals surface area contributed by atoms with Gasteiger partial charge in [0.25, 0.3) is 0 Å². The van der Waals surface area contributed by atoms with E-state index in [9.17, 15) is 14.9 Å². The van der Waals surface area contributed by atoms with Gasteiger partial charge in [-0.2, -0.15) is 0 Å². The highest BCUT2D eigenvalue weighted by atomic mass is 16.6. The third kappa shape index (κ3) is 3.31. The Morgan fingerprint density at radius 2 is 2.10 bits per heavy atom. The Kier molecular flexibility index (Phi) is 4.28. The fraction of sp³-hybridized carbons (Fsp3) is 0.545. The van der Waals surface area contributed by atoms with Crippen molar-refractivity contribution in [1.29, 1.82) is 0 Å². The molecule has 0 spiro atoms. The number of nitrogens with zero attached hydrogens (tertiary/aromatic N) is 3. The second kappa shape index (κ2) is 6.13. The Balaban J connectivity index is 1.91.